The lowest BCUT2D eigenvalue weighted by Gasteiger charge is -2.29. The van der Waals surface area contributed by atoms with Gasteiger partial charge in [0.1, 0.15) is 11.3 Å². The molecule has 2 heterocycles. The lowest BCUT2D eigenvalue weighted by atomic mass is 9.79. The summed E-state index contributed by atoms with van der Waals surface area (Å²) in [6.07, 6.45) is 1.29. The number of para-hydroxylation sites is 1. The Morgan fingerprint density at radius 1 is 1.03 bits per heavy atom. The summed E-state index contributed by atoms with van der Waals surface area (Å²) in [6.45, 7) is 0. The summed E-state index contributed by atoms with van der Waals surface area (Å²) < 4.78 is 5.20. The molecule has 2 amide bonds. The summed E-state index contributed by atoms with van der Waals surface area (Å²) in [5, 5.41) is 9.55. The minimum Gasteiger partial charge on any atom is -0.497 e. The highest BCUT2D eigenvalue weighted by atomic mass is 16.5. The average molecular weight is 428 g/mol. The molecule has 1 spiro atoms. The van der Waals surface area contributed by atoms with Gasteiger partial charge in [-0.2, -0.15) is 0 Å². The number of fused-ring (bicyclic) bond motifs is 2. The first kappa shape index (κ1) is 20.3. The van der Waals surface area contributed by atoms with Gasteiger partial charge in [-0.3, -0.25) is 14.9 Å². The van der Waals surface area contributed by atoms with Crippen LogP contribution in [0.25, 0.3) is 0 Å². The number of carbonyl (C=O) groups is 2. The number of nitrogens with one attached hydrogen (secondary N) is 3. The van der Waals surface area contributed by atoms with E-state index in [-0.39, 0.29) is 17.9 Å². The van der Waals surface area contributed by atoms with Crippen molar-refractivity contribution in [2.24, 2.45) is 5.92 Å². The van der Waals surface area contributed by atoms with Gasteiger partial charge in [0.25, 0.3) is 0 Å². The Bertz CT molecular complexity index is 1150. The summed E-state index contributed by atoms with van der Waals surface area (Å²) in [5.74, 6) is -0.190. The van der Waals surface area contributed by atoms with Crippen LogP contribution in [0.2, 0.25) is 0 Å². The van der Waals surface area contributed by atoms with E-state index >= 15 is 0 Å². The molecule has 0 aliphatic carbocycles. The number of anilines is 2. The zero-order valence-corrected chi connectivity index (χ0v) is 17.8. The molecule has 0 bridgehead atoms. The van der Waals surface area contributed by atoms with Crippen molar-refractivity contribution in [3.63, 3.8) is 0 Å². The zero-order valence-electron chi connectivity index (χ0n) is 17.8. The van der Waals surface area contributed by atoms with Gasteiger partial charge in [-0.15, -0.1) is 0 Å². The highest BCUT2D eigenvalue weighted by Crippen LogP contribution is 2.47. The van der Waals surface area contributed by atoms with Gasteiger partial charge in [0.05, 0.1) is 13.0 Å². The largest absolute Gasteiger partial charge is 0.497 e. The minimum absolute atomic E-state index is 0.0130. The topological polar surface area (TPSA) is 79.5 Å². The van der Waals surface area contributed by atoms with Crippen molar-refractivity contribution in [3.8, 4) is 5.75 Å². The van der Waals surface area contributed by atoms with Crippen LogP contribution in [-0.4, -0.2) is 25.0 Å². The van der Waals surface area contributed by atoms with Crippen LogP contribution in [0, 0.1) is 5.92 Å². The zero-order chi connectivity index (χ0) is 22.1. The quantitative estimate of drug-likeness (QED) is 0.580. The number of benzene rings is 3. The number of methoxy groups -OCH3 is 1. The number of hydrogen-bond acceptors (Lipinski definition) is 4. The molecular weight excluding hydrogens is 402 g/mol. The monoisotopic (exact) mass is 427 g/mol. The maximum Gasteiger partial charge on any atom is 0.250 e. The van der Waals surface area contributed by atoms with E-state index in [1.165, 1.54) is 5.56 Å². The predicted molar refractivity (Wildman–Crippen MR) is 124 cm³/mol. The van der Waals surface area contributed by atoms with Crippen LogP contribution < -0.4 is 20.7 Å². The molecule has 6 heteroatoms. The fourth-order valence-electron chi connectivity index (χ4n) is 4.95. The number of rotatable bonds is 5. The van der Waals surface area contributed by atoms with Crippen molar-refractivity contribution in [2.45, 2.75) is 24.4 Å². The van der Waals surface area contributed by atoms with Gasteiger partial charge in [-0.1, -0.05) is 48.5 Å². The highest BCUT2D eigenvalue weighted by molar-refractivity contribution is 6.10. The number of hydrogen-bond donors (Lipinski definition) is 3. The molecule has 1 fully saturated rings. The van der Waals surface area contributed by atoms with Gasteiger partial charge in [0.2, 0.25) is 11.8 Å². The van der Waals surface area contributed by atoms with Crippen molar-refractivity contribution in [1.29, 1.82) is 0 Å². The average Bonchev–Trinajstić information content (AvgIpc) is 3.33. The summed E-state index contributed by atoms with van der Waals surface area (Å²) in [6, 6.07) is 24.9. The summed E-state index contributed by atoms with van der Waals surface area (Å²) in [4.78, 5) is 26.9. The van der Waals surface area contributed by atoms with Gasteiger partial charge < -0.3 is 15.4 Å². The van der Waals surface area contributed by atoms with E-state index in [2.05, 4.69) is 28.1 Å². The molecule has 5 rings (SSSR count). The van der Waals surface area contributed by atoms with Crippen molar-refractivity contribution < 1.29 is 14.3 Å². The van der Waals surface area contributed by atoms with E-state index in [0.717, 1.165) is 17.7 Å². The molecule has 3 atom stereocenters. The third-order valence-corrected chi connectivity index (χ3v) is 6.43. The first-order valence-electron chi connectivity index (χ1n) is 10.8. The van der Waals surface area contributed by atoms with E-state index in [0.29, 0.717) is 17.9 Å². The molecule has 32 heavy (non-hydrogen) atoms. The Morgan fingerprint density at radius 2 is 1.75 bits per heavy atom. The summed E-state index contributed by atoms with van der Waals surface area (Å²) in [7, 11) is 1.60. The van der Waals surface area contributed by atoms with Crippen LogP contribution in [0.5, 0.6) is 5.75 Å². The second kappa shape index (κ2) is 8.13. The lowest BCUT2D eigenvalue weighted by Crippen LogP contribution is -2.52. The SMILES string of the molecule is COc1ccc(NC(=O)C2CC(Cc3ccccc3)NC23C(=O)Nc2ccccc23)cc1. The van der Waals surface area contributed by atoms with E-state index < -0.39 is 11.5 Å². The second-order valence-corrected chi connectivity index (χ2v) is 8.34. The predicted octanol–water partition coefficient (Wildman–Crippen LogP) is 3.70. The highest BCUT2D eigenvalue weighted by Gasteiger charge is 2.59. The van der Waals surface area contributed by atoms with Gasteiger partial charge in [-0.05, 0) is 48.7 Å². The third-order valence-electron chi connectivity index (χ3n) is 6.43. The molecule has 0 radical (unpaired) electrons. The Hall–Kier alpha value is -3.64. The normalized spacial score (nSPS) is 23.6. The standard InChI is InChI=1S/C26H25N3O3/c1-32-20-13-11-18(12-14-20)27-24(30)22-16-19(15-17-7-3-2-4-8-17)29-26(22)21-9-5-6-10-23(21)28-25(26)31/h2-14,19,22,29H,15-16H2,1H3,(H,27,30)(H,28,31). The maximum atomic E-state index is 13.5. The molecule has 2 aliphatic rings. The minimum atomic E-state index is -1.09. The molecule has 2 aliphatic heterocycles. The number of amides is 2. The van der Waals surface area contributed by atoms with E-state index in [1.807, 2.05) is 42.5 Å². The van der Waals surface area contributed by atoms with Crippen molar-refractivity contribution in [2.75, 3.05) is 17.7 Å². The van der Waals surface area contributed by atoms with Crippen molar-refractivity contribution >= 4 is 23.2 Å². The van der Waals surface area contributed by atoms with Gasteiger partial charge >= 0.3 is 0 Å². The molecule has 3 unspecified atom stereocenters. The molecule has 3 aromatic carbocycles. The summed E-state index contributed by atoms with van der Waals surface area (Å²) in [5.41, 5.74) is 2.34. The van der Waals surface area contributed by atoms with Gasteiger partial charge in [0, 0.05) is 23.0 Å². The molecular formula is C26H25N3O3. The fraction of sp³-hybridized carbons (Fsp3) is 0.231. The Morgan fingerprint density at radius 3 is 2.50 bits per heavy atom. The first-order chi connectivity index (χ1) is 15.6. The van der Waals surface area contributed by atoms with Crippen LogP contribution in [0.1, 0.15) is 17.5 Å². The van der Waals surface area contributed by atoms with Crippen molar-refractivity contribution in [1.82, 2.24) is 5.32 Å². The second-order valence-electron chi connectivity index (χ2n) is 8.34. The van der Waals surface area contributed by atoms with E-state index in [9.17, 15) is 9.59 Å². The first-order valence-corrected chi connectivity index (χ1v) is 10.8. The smallest absolute Gasteiger partial charge is 0.250 e. The molecule has 3 aromatic rings. The fourth-order valence-corrected chi connectivity index (χ4v) is 4.95. The Kier molecular flexibility index (Phi) is 5.15. The molecule has 1 saturated heterocycles. The Balaban J connectivity index is 1.47. The Labute approximate surface area is 187 Å². The maximum absolute atomic E-state index is 13.5. The van der Waals surface area contributed by atoms with E-state index in [4.69, 9.17) is 4.74 Å². The van der Waals surface area contributed by atoms with Crippen LogP contribution in [-0.2, 0) is 21.5 Å². The van der Waals surface area contributed by atoms with E-state index in [1.54, 1.807) is 31.4 Å². The van der Waals surface area contributed by atoms with Crippen molar-refractivity contribution in [3.05, 3.63) is 90.0 Å². The van der Waals surface area contributed by atoms with Crippen LogP contribution in [0.15, 0.2) is 78.9 Å². The molecule has 0 saturated carbocycles. The molecule has 0 aromatic heterocycles. The van der Waals surface area contributed by atoms with Gasteiger partial charge in [0.15, 0.2) is 0 Å². The molecule has 6 nitrogen and oxygen atoms in total. The lowest BCUT2D eigenvalue weighted by molar-refractivity contribution is -0.130. The third kappa shape index (κ3) is 3.42. The molecule has 162 valence electrons. The van der Waals surface area contributed by atoms with Crippen LogP contribution >= 0.6 is 0 Å². The number of ether oxygens (including phenoxy) is 1. The molecule has 3 N–H and O–H groups in total. The number of carbonyl (C=O) groups excluding carboxylic acids is 2. The van der Waals surface area contributed by atoms with Crippen LogP contribution in [0.3, 0.4) is 0 Å². The van der Waals surface area contributed by atoms with Crippen LogP contribution in [0.4, 0.5) is 11.4 Å². The summed E-state index contributed by atoms with van der Waals surface area (Å²) >= 11 is 0. The van der Waals surface area contributed by atoms with Gasteiger partial charge in [-0.25, -0.2) is 0 Å².